The fraction of sp³-hybridized carbons (Fsp3) is 0.471. The molecule has 142 valence electrons. The van der Waals surface area contributed by atoms with E-state index in [0.29, 0.717) is 53.7 Å². The zero-order valence-corrected chi connectivity index (χ0v) is 16.1. The number of rotatable bonds is 10. The van der Waals surface area contributed by atoms with Gasteiger partial charge in [-0.1, -0.05) is 11.8 Å². The number of hydrogen-bond donors (Lipinski definition) is 1. The van der Waals surface area contributed by atoms with Gasteiger partial charge in [-0.25, -0.2) is 0 Å². The molecule has 8 nitrogen and oxygen atoms in total. The monoisotopic (exact) mass is 381 g/mol. The van der Waals surface area contributed by atoms with Crippen LogP contribution in [-0.2, 0) is 4.79 Å². The number of carbonyl (C=O) groups is 1. The lowest BCUT2D eigenvalue weighted by molar-refractivity contribution is -0.118. The summed E-state index contributed by atoms with van der Waals surface area (Å²) in [5, 5.41) is 10.9. The zero-order chi connectivity index (χ0) is 18.9. The topological polar surface area (TPSA) is 95.7 Å². The molecule has 0 saturated carbocycles. The molecule has 0 saturated heterocycles. The van der Waals surface area contributed by atoms with Gasteiger partial charge in [-0.3, -0.25) is 4.79 Å². The van der Waals surface area contributed by atoms with Crippen molar-refractivity contribution in [3.05, 3.63) is 12.1 Å². The number of aromatic nitrogens is 2. The molecule has 0 unspecified atom stereocenters. The summed E-state index contributed by atoms with van der Waals surface area (Å²) in [7, 11) is 1.58. The molecular formula is C17H23N3O5S. The van der Waals surface area contributed by atoms with Crippen molar-refractivity contribution in [1.29, 1.82) is 0 Å². The number of nitrogens with zero attached hydrogens (tertiary/aromatic N) is 2. The third-order valence-electron chi connectivity index (χ3n) is 3.17. The molecule has 0 radical (unpaired) electrons. The van der Waals surface area contributed by atoms with E-state index in [2.05, 4.69) is 15.5 Å². The van der Waals surface area contributed by atoms with Crippen molar-refractivity contribution in [1.82, 2.24) is 15.5 Å². The molecular weight excluding hydrogens is 358 g/mol. The molecule has 0 bridgehead atoms. The highest BCUT2D eigenvalue weighted by molar-refractivity contribution is 7.99. The Bertz CT molecular complexity index is 708. The van der Waals surface area contributed by atoms with Crippen LogP contribution in [0.2, 0.25) is 0 Å². The van der Waals surface area contributed by atoms with Crippen LogP contribution < -0.4 is 19.5 Å². The molecule has 0 spiro atoms. The lowest BCUT2D eigenvalue weighted by Crippen LogP contribution is -2.19. The Balaban J connectivity index is 2.33. The number of ether oxygens (including phenoxy) is 3. The van der Waals surface area contributed by atoms with Gasteiger partial charge in [0.15, 0.2) is 11.5 Å². The average Bonchev–Trinajstić information content (AvgIpc) is 3.11. The second-order valence-electron chi connectivity index (χ2n) is 4.94. The standard InChI is InChI=1S/C17H23N3O5S/c1-5-22-12-8-11(9-13(23-6-2)15(12)24-7-3)16-19-20-17(25-16)26-10-14(21)18-4/h8-9H,5-7,10H2,1-4H3,(H,18,21). The van der Waals surface area contributed by atoms with Crippen molar-refractivity contribution in [2.75, 3.05) is 32.6 Å². The summed E-state index contributed by atoms with van der Waals surface area (Å²) in [6.45, 7) is 7.12. The van der Waals surface area contributed by atoms with E-state index in [1.807, 2.05) is 20.8 Å². The molecule has 1 amide bonds. The first-order valence-corrected chi connectivity index (χ1v) is 9.35. The Morgan fingerprint density at radius 1 is 1.08 bits per heavy atom. The first-order valence-electron chi connectivity index (χ1n) is 8.36. The first kappa shape index (κ1) is 19.9. The molecule has 9 heteroatoms. The molecule has 2 aromatic rings. The number of benzene rings is 1. The van der Waals surface area contributed by atoms with Crippen molar-refractivity contribution < 1.29 is 23.4 Å². The Labute approximate surface area is 156 Å². The minimum Gasteiger partial charge on any atom is -0.490 e. The number of amides is 1. The number of carbonyl (C=O) groups excluding carboxylic acids is 1. The van der Waals surface area contributed by atoms with Crippen LogP contribution in [0.15, 0.2) is 21.8 Å². The second-order valence-corrected chi connectivity index (χ2v) is 5.86. The Morgan fingerprint density at radius 3 is 2.23 bits per heavy atom. The fourth-order valence-corrected chi connectivity index (χ4v) is 2.73. The van der Waals surface area contributed by atoms with Crippen molar-refractivity contribution in [2.45, 2.75) is 26.0 Å². The summed E-state index contributed by atoms with van der Waals surface area (Å²) in [6, 6.07) is 3.55. The van der Waals surface area contributed by atoms with Crippen molar-refractivity contribution >= 4 is 17.7 Å². The predicted octanol–water partition coefficient (Wildman–Crippen LogP) is 2.77. The molecule has 1 aromatic carbocycles. The molecule has 1 N–H and O–H groups in total. The van der Waals surface area contributed by atoms with Crippen molar-refractivity contribution in [2.24, 2.45) is 0 Å². The normalized spacial score (nSPS) is 10.5. The van der Waals surface area contributed by atoms with E-state index in [0.717, 1.165) is 0 Å². The van der Waals surface area contributed by atoms with Gasteiger partial charge in [0, 0.05) is 12.6 Å². The molecule has 0 aliphatic carbocycles. The maximum absolute atomic E-state index is 11.3. The van der Waals surface area contributed by atoms with Crippen LogP contribution in [0.5, 0.6) is 17.2 Å². The average molecular weight is 381 g/mol. The van der Waals surface area contributed by atoms with E-state index in [4.69, 9.17) is 18.6 Å². The number of thioether (sulfide) groups is 1. The quantitative estimate of drug-likeness (QED) is 0.628. The summed E-state index contributed by atoms with van der Waals surface area (Å²) in [4.78, 5) is 11.3. The summed E-state index contributed by atoms with van der Waals surface area (Å²) < 4.78 is 22.7. The zero-order valence-electron chi connectivity index (χ0n) is 15.3. The van der Waals surface area contributed by atoms with Crippen LogP contribution in [0.25, 0.3) is 11.5 Å². The number of hydrogen-bond acceptors (Lipinski definition) is 8. The second kappa shape index (κ2) is 9.91. The molecule has 1 aromatic heterocycles. The molecule has 0 fully saturated rings. The lowest BCUT2D eigenvalue weighted by atomic mass is 10.2. The minimum absolute atomic E-state index is 0.118. The molecule has 26 heavy (non-hydrogen) atoms. The van der Waals surface area contributed by atoms with Gasteiger partial charge in [0.25, 0.3) is 5.22 Å². The van der Waals surface area contributed by atoms with Gasteiger partial charge < -0.3 is 23.9 Å². The van der Waals surface area contributed by atoms with E-state index in [1.165, 1.54) is 11.8 Å². The Hall–Kier alpha value is -2.42. The summed E-state index contributed by atoms with van der Waals surface area (Å²) in [5.41, 5.74) is 0.652. The van der Waals surface area contributed by atoms with Gasteiger partial charge >= 0.3 is 0 Å². The minimum atomic E-state index is -0.118. The Kier molecular flexibility index (Phi) is 7.58. The van der Waals surface area contributed by atoms with Gasteiger partial charge in [0.2, 0.25) is 17.5 Å². The maximum Gasteiger partial charge on any atom is 0.277 e. The summed E-state index contributed by atoms with van der Waals surface area (Å²) in [6.07, 6.45) is 0. The number of nitrogens with one attached hydrogen (secondary N) is 1. The van der Waals surface area contributed by atoms with Crippen LogP contribution in [-0.4, -0.2) is 48.7 Å². The van der Waals surface area contributed by atoms with Gasteiger partial charge in [0.1, 0.15) is 0 Å². The van der Waals surface area contributed by atoms with Crippen LogP contribution in [0, 0.1) is 0 Å². The largest absolute Gasteiger partial charge is 0.490 e. The Morgan fingerprint density at radius 2 is 1.69 bits per heavy atom. The lowest BCUT2D eigenvalue weighted by Gasteiger charge is -2.16. The van der Waals surface area contributed by atoms with Crippen LogP contribution in [0.4, 0.5) is 0 Å². The predicted molar refractivity (Wildman–Crippen MR) is 98.0 cm³/mol. The fourth-order valence-electron chi connectivity index (χ4n) is 2.10. The van der Waals surface area contributed by atoms with Gasteiger partial charge in [-0.2, -0.15) is 0 Å². The van der Waals surface area contributed by atoms with Gasteiger partial charge in [-0.05, 0) is 32.9 Å². The van der Waals surface area contributed by atoms with Crippen molar-refractivity contribution in [3.8, 4) is 28.7 Å². The highest BCUT2D eigenvalue weighted by Crippen LogP contribution is 2.42. The smallest absolute Gasteiger partial charge is 0.277 e. The highest BCUT2D eigenvalue weighted by Gasteiger charge is 2.19. The van der Waals surface area contributed by atoms with Crippen LogP contribution >= 0.6 is 11.8 Å². The van der Waals surface area contributed by atoms with Crippen LogP contribution in [0.1, 0.15) is 20.8 Å². The van der Waals surface area contributed by atoms with Crippen LogP contribution in [0.3, 0.4) is 0 Å². The summed E-state index contributed by atoms with van der Waals surface area (Å²) >= 11 is 1.17. The molecule has 0 aliphatic heterocycles. The third-order valence-corrected chi connectivity index (χ3v) is 3.99. The van der Waals surface area contributed by atoms with E-state index in [1.54, 1.807) is 19.2 Å². The van der Waals surface area contributed by atoms with Gasteiger partial charge in [0.05, 0.1) is 25.6 Å². The third kappa shape index (κ3) is 5.04. The van der Waals surface area contributed by atoms with E-state index >= 15 is 0 Å². The highest BCUT2D eigenvalue weighted by atomic mass is 32.2. The summed E-state index contributed by atoms with van der Waals surface area (Å²) in [5.74, 6) is 2.05. The molecule has 0 aliphatic rings. The van der Waals surface area contributed by atoms with E-state index in [9.17, 15) is 4.79 Å². The van der Waals surface area contributed by atoms with E-state index in [-0.39, 0.29) is 11.7 Å². The SMILES string of the molecule is CCOc1cc(-c2nnc(SCC(=O)NC)o2)cc(OCC)c1OCC. The maximum atomic E-state index is 11.3. The molecule has 0 atom stereocenters. The van der Waals surface area contributed by atoms with Gasteiger partial charge in [-0.15, -0.1) is 10.2 Å². The van der Waals surface area contributed by atoms with Crippen molar-refractivity contribution in [3.63, 3.8) is 0 Å². The molecule has 1 heterocycles. The van der Waals surface area contributed by atoms with E-state index < -0.39 is 0 Å². The first-order chi connectivity index (χ1) is 12.6. The molecule has 2 rings (SSSR count).